The number of aromatic amines is 1. The maximum Gasteiger partial charge on any atom is 0.277 e. The summed E-state index contributed by atoms with van der Waals surface area (Å²) in [7, 11) is 1.76. The number of amides is 1. The molecule has 1 aliphatic rings. The Morgan fingerprint density at radius 2 is 2.53 bits per heavy atom. The van der Waals surface area contributed by atoms with E-state index in [2.05, 4.69) is 20.6 Å². The Hall–Kier alpha value is -2.15. The van der Waals surface area contributed by atoms with Crippen molar-refractivity contribution in [2.24, 2.45) is 7.05 Å². The number of hydrogen-bond donors (Lipinski definition) is 2. The van der Waals surface area contributed by atoms with Crippen molar-refractivity contribution in [1.29, 1.82) is 0 Å². The molecular formula is C12H15N5O2. The minimum absolute atomic E-state index is 0.0630. The number of nitrogens with one attached hydrogen (secondary N) is 2. The second kappa shape index (κ2) is 4.85. The van der Waals surface area contributed by atoms with Gasteiger partial charge in [-0.3, -0.25) is 14.6 Å². The molecule has 100 valence electrons. The van der Waals surface area contributed by atoms with Crippen LogP contribution in [-0.2, 0) is 11.8 Å². The smallest absolute Gasteiger partial charge is 0.277 e. The number of ether oxygens (including phenoxy) is 1. The van der Waals surface area contributed by atoms with Gasteiger partial charge >= 0.3 is 0 Å². The van der Waals surface area contributed by atoms with Gasteiger partial charge in [-0.25, -0.2) is 0 Å². The van der Waals surface area contributed by atoms with Gasteiger partial charge in [-0.1, -0.05) is 0 Å². The van der Waals surface area contributed by atoms with Crippen molar-refractivity contribution in [1.82, 2.24) is 20.0 Å². The van der Waals surface area contributed by atoms with Crippen molar-refractivity contribution in [2.45, 2.75) is 18.9 Å². The predicted molar refractivity (Wildman–Crippen MR) is 67.7 cm³/mol. The quantitative estimate of drug-likeness (QED) is 0.870. The Morgan fingerprint density at radius 3 is 3.21 bits per heavy atom. The van der Waals surface area contributed by atoms with E-state index in [1.807, 2.05) is 0 Å². The van der Waals surface area contributed by atoms with E-state index in [4.69, 9.17) is 4.74 Å². The van der Waals surface area contributed by atoms with Gasteiger partial charge in [0.2, 0.25) is 0 Å². The lowest BCUT2D eigenvalue weighted by atomic mass is 10.2. The molecule has 7 nitrogen and oxygen atoms in total. The van der Waals surface area contributed by atoms with Crippen LogP contribution in [0.2, 0.25) is 0 Å². The second-order valence-corrected chi connectivity index (χ2v) is 4.54. The van der Waals surface area contributed by atoms with Gasteiger partial charge in [0, 0.05) is 25.9 Å². The average Bonchev–Trinajstić information content (AvgIpc) is 3.07. The number of H-pyrrole nitrogens is 1. The predicted octanol–water partition coefficient (Wildman–Crippen LogP) is 1.25. The summed E-state index contributed by atoms with van der Waals surface area (Å²) in [6, 6.07) is 3.46. The Balaban J connectivity index is 1.68. The van der Waals surface area contributed by atoms with Gasteiger partial charge in [0.15, 0.2) is 11.5 Å². The molecule has 1 fully saturated rings. The van der Waals surface area contributed by atoms with E-state index in [1.54, 1.807) is 30.1 Å². The topological polar surface area (TPSA) is 84.8 Å². The summed E-state index contributed by atoms with van der Waals surface area (Å²) in [5, 5.41) is 13.7. The molecule has 19 heavy (non-hydrogen) atoms. The maximum absolute atomic E-state index is 11.9. The third-order valence-electron chi connectivity index (χ3n) is 3.06. The van der Waals surface area contributed by atoms with Crippen molar-refractivity contribution in [3.05, 3.63) is 29.7 Å². The van der Waals surface area contributed by atoms with Gasteiger partial charge in [0.05, 0.1) is 11.8 Å². The number of anilines is 1. The number of hydrogen-bond acceptors (Lipinski definition) is 4. The van der Waals surface area contributed by atoms with Gasteiger partial charge in [0.25, 0.3) is 5.91 Å². The Bertz CT molecular complexity index is 582. The van der Waals surface area contributed by atoms with E-state index < -0.39 is 0 Å². The summed E-state index contributed by atoms with van der Waals surface area (Å²) < 4.78 is 7.13. The first kappa shape index (κ1) is 11.9. The van der Waals surface area contributed by atoms with Crippen molar-refractivity contribution in [2.75, 3.05) is 11.9 Å². The van der Waals surface area contributed by atoms with Crippen LogP contribution in [0.4, 0.5) is 5.82 Å². The average molecular weight is 261 g/mol. The molecule has 2 aromatic rings. The van der Waals surface area contributed by atoms with Crippen LogP contribution in [0.3, 0.4) is 0 Å². The van der Waals surface area contributed by atoms with Crippen LogP contribution >= 0.6 is 0 Å². The Labute approximate surface area is 110 Å². The number of carbonyl (C=O) groups excluding carboxylic acids is 1. The summed E-state index contributed by atoms with van der Waals surface area (Å²) in [6.07, 6.45) is 3.82. The third kappa shape index (κ3) is 2.50. The molecule has 0 spiro atoms. The van der Waals surface area contributed by atoms with Gasteiger partial charge in [-0.15, -0.1) is 0 Å². The Morgan fingerprint density at radius 1 is 1.63 bits per heavy atom. The summed E-state index contributed by atoms with van der Waals surface area (Å²) in [5.74, 6) is 0.215. The van der Waals surface area contributed by atoms with Crippen LogP contribution < -0.4 is 5.32 Å². The van der Waals surface area contributed by atoms with E-state index in [9.17, 15) is 4.79 Å². The van der Waals surface area contributed by atoms with Gasteiger partial charge in [0.1, 0.15) is 0 Å². The first-order valence-corrected chi connectivity index (χ1v) is 6.20. The Kier molecular flexibility index (Phi) is 3.04. The molecule has 0 aromatic carbocycles. The second-order valence-electron chi connectivity index (χ2n) is 4.54. The molecule has 1 saturated heterocycles. The van der Waals surface area contributed by atoms with Crippen molar-refractivity contribution < 1.29 is 9.53 Å². The van der Waals surface area contributed by atoms with E-state index >= 15 is 0 Å². The fourth-order valence-electron chi connectivity index (χ4n) is 2.11. The van der Waals surface area contributed by atoms with E-state index in [0.717, 1.165) is 25.1 Å². The lowest BCUT2D eigenvalue weighted by Crippen LogP contribution is -2.13. The van der Waals surface area contributed by atoms with Crippen molar-refractivity contribution in [3.63, 3.8) is 0 Å². The lowest BCUT2D eigenvalue weighted by Gasteiger charge is -2.04. The normalized spacial score (nSPS) is 18.7. The largest absolute Gasteiger partial charge is 0.372 e. The molecule has 0 radical (unpaired) electrons. The SMILES string of the molecule is Cn1ccc(C(=O)Nc2cc(C3CCCO3)[nH]n2)n1. The van der Waals surface area contributed by atoms with Crippen LogP contribution in [0, 0.1) is 0 Å². The van der Waals surface area contributed by atoms with Crippen LogP contribution in [-0.4, -0.2) is 32.5 Å². The number of rotatable bonds is 3. The fourth-order valence-corrected chi connectivity index (χ4v) is 2.11. The first-order chi connectivity index (χ1) is 9.22. The van der Waals surface area contributed by atoms with Crippen molar-refractivity contribution >= 4 is 11.7 Å². The number of carbonyl (C=O) groups is 1. The van der Waals surface area contributed by atoms with E-state index in [1.165, 1.54) is 0 Å². The van der Waals surface area contributed by atoms with E-state index in [0.29, 0.717) is 11.5 Å². The number of aromatic nitrogens is 4. The van der Waals surface area contributed by atoms with Gasteiger partial charge < -0.3 is 10.1 Å². The van der Waals surface area contributed by atoms with Crippen LogP contribution in [0.1, 0.15) is 35.1 Å². The zero-order valence-electron chi connectivity index (χ0n) is 10.6. The van der Waals surface area contributed by atoms with E-state index in [-0.39, 0.29) is 12.0 Å². The molecule has 1 aliphatic heterocycles. The molecule has 3 rings (SSSR count). The molecule has 0 aliphatic carbocycles. The molecule has 1 amide bonds. The molecular weight excluding hydrogens is 246 g/mol. The zero-order valence-corrected chi connectivity index (χ0v) is 10.6. The summed E-state index contributed by atoms with van der Waals surface area (Å²) in [5.41, 5.74) is 1.26. The molecule has 0 saturated carbocycles. The van der Waals surface area contributed by atoms with Gasteiger partial charge in [-0.2, -0.15) is 10.2 Å². The van der Waals surface area contributed by atoms with Crippen LogP contribution in [0.5, 0.6) is 0 Å². The highest BCUT2D eigenvalue weighted by Gasteiger charge is 2.20. The third-order valence-corrected chi connectivity index (χ3v) is 3.06. The zero-order chi connectivity index (χ0) is 13.2. The van der Waals surface area contributed by atoms with Crippen molar-refractivity contribution in [3.8, 4) is 0 Å². The number of nitrogens with zero attached hydrogens (tertiary/aromatic N) is 3. The molecule has 2 aromatic heterocycles. The lowest BCUT2D eigenvalue weighted by molar-refractivity contribution is 0.102. The minimum atomic E-state index is -0.272. The number of aryl methyl sites for hydroxylation is 1. The minimum Gasteiger partial charge on any atom is -0.372 e. The molecule has 1 atom stereocenters. The summed E-state index contributed by atoms with van der Waals surface area (Å²) in [4.78, 5) is 11.9. The maximum atomic E-state index is 11.9. The highest BCUT2D eigenvalue weighted by molar-refractivity contribution is 6.02. The molecule has 2 N–H and O–H groups in total. The molecule has 0 bridgehead atoms. The first-order valence-electron chi connectivity index (χ1n) is 6.20. The fraction of sp³-hybridized carbons (Fsp3) is 0.417. The standard InChI is InChI=1S/C12H15N5O2/c1-17-5-4-8(16-17)12(18)13-11-7-9(14-15-11)10-3-2-6-19-10/h4-5,7,10H,2-3,6H2,1H3,(H2,13,14,15,18). The monoisotopic (exact) mass is 261 g/mol. The molecule has 1 unspecified atom stereocenters. The molecule has 3 heterocycles. The molecule has 7 heteroatoms. The van der Waals surface area contributed by atoms with Crippen LogP contribution in [0.15, 0.2) is 18.3 Å². The highest BCUT2D eigenvalue weighted by Crippen LogP contribution is 2.28. The summed E-state index contributed by atoms with van der Waals surface area (Å²) in [6.45, 7) is 0.777. The van der Waals surface area contributed by atoms with Crippen LogP contribution in [0.25, 0.3) is 0 Å². The van der Waals surface area contributed by atoms with Gasteiger partial charge in [-0.05, 0) is 18.9 Å². The highest BCUT2D eigenvalue weighted by atomic mass is 16.5. The summed E-state index contributed by atoms with van der Waals surface area (Å²) >= 11 is 0.